The van der Waals surface area contributed by atoms with Crippen molar-refractivity contribution < 1.29 is 4.39 Å². The van der Waals surface area contributed by atoms with Crippen LogP contribution in [-0.2, 0) is 0 Å². The number of fused-ring (bicyclic) bond motifs is 11. The number of nitrogens with zero attached hydrogens (tertiary/aromatic N) is 3. The van der Waals surface area contributed by atoms with E-state index in [4.69, 9.17) is 0 Å². The van der Waals surface area contributed by atoms with Crippen molar-refractivity contribution in [3.05, 3.63) is 164 Å². The summed E-state index contributed by atoms with van der Waals surface area (Å²) in [6.45, 7) is 8.12. The third kappa shape index (κ3) is 3.25. The average Bonchev–Trinajstić information content (AvgIpc) is 3.62. The predicted octanol–water partition coefficient (Wildman–Crippen LogP) is 9.19. The van der Waals surface area contributed by atoms with Crippen molar-refractivity contribution in [2.45, 2.75) is 0 Å². The van der Waals surface area contributed by atoms with E-state index in [1.54, 1.807) is 0 Å². The van der Waals surface area contributed by atoms with Gasteiger partial charge in [0, 0.05) is 38.3 Å². The zero-order valence-corrected chi connectivity index (χ0v) is 25.5. The van der Waals surface area contributed by atoms with Crippen molar-refractivity contribution in [1.82, 2.24) is 13.5 Å². The van der Waals surface area contributed by atoms with Crippen LogP contribution in [-0.4, -0.2) is 20.2 Å². The molecule has 4 heterocycles. The fraction of sp³-hybridized carbons (Fsp3) is 0. The molecule has 9 aromatic rings. The summed E-state index contributed by atoms with van der Waals surface area (Å²) in [5.41, 5.74) is 11.0. The second-order valence-electron chi connectivity index (χ2n) is 12.3. The van der Waals surface area contributed by atoms with Crippen LogP contribution in [0.5, 0.6) is 0 Å². The van der Waals surface area contributed by atoms with Gasteiger partial charge in [0.05, 0.1) is 27.6 Å². The topological polar surface area (TPSA) is 14.3 Å². The molecule has 0 atom stereocenters. The standard InChI is InChI=1S/C42H27BFN3/c1-3-14-26(4-2)43-32-19-10-13-22-36(32)47-41-33(43)24-23-30-38(41)37(46-35-21-12-9-18-29(35)39(44)42(46)47)25-31-28-17-8-11-20-34(28)45(40(30)31)27-15-6-5-7-16-27/h3-25H,1-2H2/b26-14+. The molecule has 1 aliphatic heterocycles. The Morgan fingerprint density at radius 1 is 0.617 bits per heavy atom. The molecule has 47 heavy (non-hydrogen) atoms. The molecule has 3 aromatic heterocycles. The first-order valence-corrected chi connectivity index (χ1v) is 15.9. The molecule has 1 aliphatic rings. The maximum Gasteiger partial charge on any atom is 0.246 e. The van der Waals surface area contributed by atoms with Crippen molar-refractivity contribution >= 4 is 77.8 Å². The second-order valence-corrected chi connectivity index (χ2v) is 12.3. The van der Waals surface area contributed by atoms with Gasteiger partial charge < -0.3 is 4.57 Å². The smallest absolute Gasteiger partial charge is 0.246 e. The molecule has 0 bridgehead atoms. The van der Waals surface area contributed by atoms with Crippen LogP contribution in [0.1, 0.15) is 0 Å². The molecule has 0 unspecified atom stereocenters. The number of rotatable bonds is 4. The summed E-state index contributed by atoms with van der Waals surface area (Å²) in [7, 11) is 0. The number of hydrogen-bond acceptors (Lipinski definition) is 0. The van der Waals surface area contributed by atoms with Crippen LogP contribution in [0.2, 0.25) is 0 Å². The van der Waals surface area contributed by atoms with Gasteiger partial charge in [-0.05, 0) is 53.4 Å². The van der Waals surface area contributed by atoms with Crippen LogP contribution in [0.25, 0.3) is 71.5 Å². The van der Waals surface area contributed by atoms with Crippen molar-refractivity contribution in [2.24, 2.45) is 0 Å². The van der Waals surface area contributed by atoms with Crippen LogP contribution in [0.15, 0.2) is 158 Å². The van der Waals surface area contributed by atoms with E-state index in [9.17, 15) is 0 Å². The number of benzene rings is 6. The summed E-state index contributed by atoms with van der Waals surface area (Å²) < 4.78 is 23.7. The fourth-order valence-corrected chi connectivity index (χ4v) is 8.29. The average molecular weight is 604 g/mol. The van der Waals surface area contributed by atoms with Gasteiger partial charge in [-0.3, -0.25) is 8.97 Å². The van der Waals surface area contributed by atoms with Crippen molar-refractivity contribution in [3.8, 4) is 11.4 Å². The Morgan fingerprint density at radius 2 is 1.34 bits per heavy atom. The molecule has 5 heteroatoms. The van der Waals surface area contributed by atoms with Gasteiger partial charge in [-0.15, -0.1) is 0 Å². The highest BCUT2D eigenvalue weighted by molar-refractivity contribution is 6.94. The monoisotopic (exact) mass is 603 g/mol. The molecule has 0 N–H and O–H groups in total. The van der Waals surface area contributed by atoms with Gasteiger partial charge in [-0.25, -0.2) is 4.39 Å². The van der Waals surface area contributed by atoms with Gasteiger partial charge in [-0.1, -0.05) is 116 Å². The number of aromatic nitrogens is 3. The van der Waals surface area contributed by atoms with E-state index in [1.807, 2.05) is 48.6 Å². The maximum atomic E-state index is 17.0. The highest BCUT2D eigenvalue weighted by Crippen LogP contribution is 2.43. The fourth-order valence-electron chi connectivity index (χ4n) is 8.29. The molecule has 0 aliphatic carbocycles. The highest BCUT2D eigenvalue weighted by Gasteiger charge is 2.35. The molecule has 0 fully saturated rings. The van der Waals surface area contributed by atoms with E-state index in [-0.39, 0.29) is 12.5 Å². The van der Waals surface area contributed by atoms with Crippen molar-refractivity contribution in [1.29, 1.82) is 0 Å². The number of para-hydroxylation sites is 4. The molecular formula is C42H27BFN3. The van der Waals surface area contributed by atoms with E-state index in [1.165, 1.54) is 0 Å². The molecule has 3 nitrogen and oxygen atoms in total. The van der Waals surface area contributed by atoms with Gasteiger partial charge >= 0.3 is 0 Å². The summed E-state index contributed by atoms with van der Waals surface area (Å²) in [6, 6.07) is 42.2. The van der Waals surface area contributed by atoms with Crippen molar-refractivity contribution in [2.75, 3.05) is 0 Å². The minimum Gasteiger partial charge on any atom is -0.309 e. The Bertz CT molecular complexity index is 2850. The molecule has 0 spiro atoms. The zero-order chi connectivity index (χ0) is 31.4. The van der Waals surface area contributed by atoms with Gasteiger partial charge in [-0.2, -0.15) is 0 Å². The normalized spacial score (nSPS) is 13.0. The minimum atomic E-state index is -0.222. The Balaban J connectivity index is 1.54. The lowest BCUT2D eigenvalue weighted by atomic mass is 9.34. The molecule has 10 rings (SSSR count). The van der Waals surface area contributed by atoms with E-state index in [2.05, 4.69) is 118 Å². The highest BCUT2D eigenvalue weighted by atomic mass is 19.1. The van der Waals surface area contributed by atoms with Crippen LogP contribution in [0, 0.1) is 5.82 Å². The summed E-state index contributed by atoms with van der Waals surface area (Å²) in [4.78, 5) is 0. The third-order valence-electron chi connectivity index (χ3n) is 10.1. The van der Waals surface area contributed by atoms with Gasteiger partial charge in [0.25, 0.3) is 0 Å². The van der Waals surface area contributed by atoms with Gasteiger partial charge in [0.2, 0.25) is 6.71 Å². The maximum absolute atomic E-state index is 17.0. The molecule has 0 saturated heterocycles. The Kier molecular flexibility index (Phi) is 5.28. The summed E-state index contributed by atoms with van der Waals surface area (Å²) in [5.74, 6) is -0.222. The lowest BCUT2D eigenvalue weighted by Crippen LogP contribution is -2.49. The SMILES string of the molecule is C=C/C=C(\C=C)B1c2ccccc2-n2c3c1ccc1c3c(cc3c4ccccc4n(-c4ccccc4)c31)n1c3ccccc3c(F)c21. The molecule has 220 valence electrons. The molecule has 0 saturated carbocycles. The van der Waals surface area contributed by atoms with Crippen LogP contribution >= 0.6 is 0 Å². The molecule has 6 aromatic carbocycles. The van der Waals surface area contributed by atoms with E-state index in [0.29, 0.717) is 11.0 Å². The molecule has 0 amide bonds. The summed E-state index contributed by atoms with van der Waals surface area (Å²) in [6.07, 6.45) is 5.79. The largest absolute Gasteiger partial charge is 0.309 e. The first-order chi connectivity index (χ1) is 23.2. The summed E-state index contributed by atoms with van der Waals surface area (Å²) in [5, 5.41) is 5.13. The first kappa shape index (κ1) is 26.2. The Hall–Kier alpha value is -6.07. The zero-order valence-electron chi connectivity index (χ0n) is 25.5. The number of hydrogen-bond donors (Lipinski definition) is 0. The van der Waals surface area contributed by atoms with Crippen LogP contribution in [0.3, 0.4) is 0 Å². The van der Waals surface area contributed by atoms with E-state index in [0.717, 1.165) is 76.9 Å². The first-order valence-electron chi connectivity index (χ1n) is 15.9. The van der Waals surface area contributed by atoms with E-state index >= 15 is 4.39 Å². The second kappa shape index (κ2) is 9.47. The number of allylic oxidation sites excluding steroid dienone is 4. The van der Waals surface area contributed by atoms with Crippen molar-refractivity contribution in [3.63, 3.8) is 0 Å². The Morgan fingerprint density at radius 3 is 2.15 bits per heavy atom. The van der Waals surface area contributed by atoms with Crippen LogP contribution in [0.4, 0.5) is 4.39 Å². The summed E-state index contributed by atoms with van der Waals surface area (Å²) >= 11 is 0. The van der Waals surface area contributed by atoms with Gasteiger partial charge in [0.15, 0.2) is 11.5 Å². The van der Waals surface area contributed by atoms with E-state index < -0.39 is 0 Å². The predicted molar refractivity (Wildman–Crippen MR) is 197 cm³/mol. The molecular weight excluding hydrogens is 576 g/mol. The van der Waals surface area contributed by atoms with Gasteiger partial charge in [0.1, 0.15) is 0 Å². The van der Waals surface area contributed by atoms with Crippen LogP contribution < -0.4 is 10.9 Å². The lowest BCUT2D eigenvalue weighted by Gasteiger charge is -2.31. The minimum absolute atomic E-state index is 0.0973. The quantitative estimate of drug-likeness (QED) is 0.141. The number of halogens is 1. The third-order valence-corrected chi connectivity index (χ3v) is 10.1. The Labute approximate surface area is 270 Å². The molecule has 0 radical (unpaired) electrons. The lowest BCUT2D eigenvalue weighted by molar-refractivity contribution is 0.644.